The predicted molar refractivity (Wildman–Crippen MR) is 142 cm³/mol. The molecule has 36 heavy (non-hydrogen) atoms. The molecule has 0 saturated carbocycles. The van der Waals surface area contributed by atoms with Gasteiger partial charge in [0.2, 0.25) is 11.7 Å². The molecule has 3 aromatic carbocycles. The number of anilines is 1. The SMILES string of the molecule is COc1cc(-c2nnc(SCC(=O)Nc3c(C)cccc3C)n2-c2ccccc2)cc(OC)c1OC. The Morgan fingerprint density at radius 2 is 1.53 bits per heavy atom. The number of aryl methyl sites for hydroxylation is 2. The second-order valence-electron chi connectivity index (χ2n) is 7.99. The number of methoxy groups -OCH3 is 3. The van der Waals surface area contributed by atoms with Gasteiger partial charge in [0.1, 0.15) is 0 Å². The summed E-state index contributed by atoms with van der Waals surface area (Å²) in [7, 11) is 4.70. The first-order valence-electron chi connectivity index (χ1n) is 11.3. The number of ether oxygens (including phenoxy) is 3. The van der Waals surface area contributed by atoms with Crippen LogP contribution in [0.2, 0.25) is 0 Å². The van der Waals surface area contributed by atoms with Gasteiger partial charge < -0.3 is 19.5 Å². The molecule has 0 aliphatic carbocycles. The topological polar surface area (TPSA) is 87.5 Å². The lowest BCUT2D eigenvalue weighted by Gasteiger charge is -2.15. The molecule has 1 amide bonds. The first-order chi connectivity index (χ1) is 17.5. The van der Waals surface area contributed by atoms with E-state index in [0.717, 1.165) is 28.1 Å². The highest BCUT2D eigenvalue weighted by Gasteiger charge is 2.21. The third-order valence-corrected chi connectivity index (χ3v) is 6.58. The van der Waals surface area contributed by atoms with E-state index in [4.69, 9.17) is 14.2 Å². The number of amides is 1. The second-order valence-corrected chi connectivity index (χ2v) is 8.94. The molecule has 186 valence electrons. The minimum atomic E-state index is -0.116. The van der Waals surface area contributed by atoms with Gasteiger partial charge in [0.25, 0.3) is 0 Å². The van der Waals surface area contributed by atoms with Crippen LogP contribution in [0, 0.1) is 13.8 Å². The number of hydrogen-bond acceptors (Lipinski definition) is 7. The fourth-order valence-electron chi connectivity index (χ4n) is 3.89. The van der Waals surface area contributed by atoms with Crippen molar-refractivity contribution in [2.45, 2.75) is 19.0 Å². The van der Waals surface area contributed by atoms with Crippen molar-refractivity contribution in [2.75, 3.05) is 32.4 Å². The van der Waals surface area contributed by atoms with Crippen molar-refractivity contribution in [1.29, 1.82) is 0 Å². The minimum Gasteiger partial charge on any atom is -0.493 e. The van der Waals surface area contributed by atoms with E-state index in [9.17, 15) is 4.79 Å². The minimum absolute atomic E-state index is 0.116. The van der Waals surface area contributed by atoms with E-state index >= 15 is 0 Å². The predicted octanol–water partition coefficient (Wildman–Crippen LogP) is 5.31. The Kier molecular flexibility index (Phi) is 7.80. The van der Waals surface area contributed by atoms with Crippen molar-refractivity contribution in [2.24, 2.45) is 0 Å². The van der Waals surface area contributed by atoms with Crippen molar-refractivity contribution in [1.82, 2.24) is 14.8 Å². The monoisotopic (exact) mass is 504 g/mol. The molecule has 0 fully saturated rings. The second kappa shape index (κ2) is 11.2. The van der Waals surface area contributed by atoms with Gasteiger partial charge in [0.05, 0.1) is 27.1 Å². The van der Waals surface area contributed by atoms with E-state index in [1.807, 2.05) is 79.1 Å². The highest BCUT2D eigenvalue weighted by molar-refractivity contribution is 7.99. The third kappa shape index (κ3) is 5.16. The number of carbonyl (C=O) groups is 1. The summed E-state index contributed by atoms with van der Waals surface area (Å²) in [4.78, 5) is 12.8. The van der Waals surface area contributed by atoms with Crippen molar-refractivity contribution < 1.29 is 19.0 Å². The summed E-state index contributed by atoms with van der Waals surface area (Å²) >= 11 is 1.31. The summed E-state index contributed by atoms with van der Waals surface area (Å²) in [5.74, 6) is 2.15. The van der Waals surface area contributed by atoms with Gasteiger partial charge in [0, 0.05) is 16.9 Å². The molecule has 1 heterocycles. The van der Waals surface area contributed by atoms with E-state index < -0.39 is 0 Å². The Balaban J connectivity index is 1.69. The average Bonchev–Trinajstić information content (AvgIpc) is 3.33. The molecule has 4 aromatic rings. The maximum atomic E-state index is 12.8. The Morgan fingerprint density at radius 1 is 0.889 bits per heavy atom. The number of nitrogens with one attached hydrogen (secondary N) is 1. The Labute approximate surface area is 214 Å². The highest BCUT2D eigenvalue weighted by Crippen LogP contribution is 2.41. The largest absolute Gasteiger partial charge is 0.493 e. The fourth-order valence-corrected chi connectivity index (χ4v) is 4.64. The summed E-state index contributed by atoms with van der Waals surface area (Å²) in [6.45, 7) is 3.96. The molecule has 0 bridgehead atoms. The molecular weight excluding hydrogens is 476 g/mol. The van der Waals surface area contributed by atoms with Gasteiger partial charge in [-0.25, -0.2) is 0 Å². The molecule has 0 saturated heterocycles. The van der Waals surface area contributed by atoms with Crippen molar-refractivity contribution >= 4 is 23.4 Å². The number of aromatic nitrogens is 3. The molecule has 9 heteroatoms. The van der Waals surface area contributed by atoms with Gasteiger partial charge in [0.15, 0.2) is 22.5 Å². The molecular formula is C27H28N4O4S. The zero-order valence-electron chi connectivity index (χ0n) is 20.9. The lowest BCUT2D eigenvalue weighted by Crippen LogP contribution is -2.16. The number of benzene rings is 3. The lowest BCUT2D eigenvalue weighted by molar-refractivity contribution is -0.113. The maximum Gasteiger partial charge on any atom is 0.234 e. The van der Waals surface area contributed by atoms with Gasteiger partial charge >= 0.3 is 0 Å². The van der Waals surface area contributed by atoms with E-state index in [0.29, 0.717) is 28.2 Å². The Morgan fingerprint density at radius 3 is 2.11 bits per heavy atom. The number of para-hydroxylation sites is 2. The summed E-state index contributed by atoms with van der Waals surface area (Å²) in [5.41, 5.74) is 4.47. The maximum absolute atomic E-state index is 12.8. The van der Waals surface area contributed by atoms with Crippen LogP contribution in [0.5, 0.6) is 17.2 Å². The summed E-state index contributed by atoms with van der Waals surface area (Å²) in [5, 5.41) is 12.5. The van der Waals surface area contributed by atoms with Crippen LogP contribution in [-0.2, 0) is 4.79 Å². The van der Waals surface area contributed by atoms with Gasteiger partial charge in [-0.1, -0.05) is 48.2 Å². The van der Waals surface area contributed by atoms with Crippen LogP contribution >= 0.6 is 11.8 Å². The zero-order chi connectivity index (χ0) is 25.7. The summed E-state index contributed by atoms with van der Waals surface area (Å²) in [6, 6.07) is 19.3. The number of carbonyl (C=O) groups excluding carboxylic acids is 1. The van der Waals surface area contributed by atoms with Crippen molar-refractivity contribution in [3.05, 3.63) is 71.8 Å². The fraction of sp³-hybridized carbons (Fsp3) is 0.222. The highest BCUT2D eigenvalue weighted by atomic mass is 32.2. The standard InChI is InChI=1S/C27H28N4O4S/c1-17-10-9-11-18(2)24(17)28-23(32)16-36-27-30-29-26(31(27)20-12-7-6-8-13-20)19-14-21(33-3)25(35-5)22(15-19)34-4/h6-15H,16H2,1-5H3,(H,28,32). The van der Waals surface area contributed by atoms with Crippen molar-refractivity contribution in [3.63, 3.8) is 0 Å². The van der Waals surface area contributed by atoms with Crippen LogP contribution < -0.4 is 19.5 Å². The molecule has 0 aliphatic rings. The van der Waals surface area contributed by atoms with Crippen LogP contribution in [-0.4, -0.2) is 47.8 Å². The first kappa shape index (κ1) is 25.1. The molecule has 0 atom stereocenters. The van der Waals surface area contributed by atoms with Crippen LogP contribution in [0.25, 0.3) is 17.1 Å². The van der Waals surface area contributed by atoms with Gasteiger partial charge in [-0.05, 0) is 49.2 Å². The first-order valence-corrected chi connectivity index (χ1v) is 12.3. The average molecular weight is 505 g/mol. The van der Waals surface area contributed by atoms with E-state index in [1.54, 1.807) is 21.3 Å². The van der Waals surface area contributed by atoms with Crippen LogP contribution in [0.3, 0.4) is 0 Å². The number of rotatable bonds is 9. The third-order valence-electron chi connectivity index (χ3n) is 5.65. The molecule has 8 nitrogen and oxygen atoms in total. The van der Waals surface area contributed by atoms with Gasteiger partial charge in [-0.15, -0.1) is 10.2 Å². The lowest BCUT2D eigenvalue weighted by atomic mass is 10.1. The van der Waals surface area contributed by atoms with Crippen molar-refractivity contribution in [3.8, 4) is 34.3 Å². The molecule has 0 unspecified atom stereocenters. The normalized spacial score (nSPS) is 10.7. The quantitative estimate of drug-likeness (QED) is 0.309. The van der Waals surface area contributed by atoms with Crippen LogP contribution in [0.1, 0.15) is 11.1 Å². The van der Waals surface area contributed by atoms with E-state index in [2.05, 4.69) is 15.5 Å². The Hall–Kier alpha value is -3.98. The van der Waals surface area contributed by atoms with E-state index in [-0.39, 0.29) is 11.7 Å². The molecule has 4 rings (SSSR count). The number of thioether (sulfide) groups is 1. The van der Waals surface area contributed by atoms with Crippen LogP contribution in [0.4, 0.5) is 5.69 Å². The van der Waals surface area contributed by atoms with Crippen LogP contribution in [0.15, 0.2) is 65.8 Å². The summed E-state index contributed by atoms with van der Waals surface area (Å²) in [6.07, 6.45) is 0. The smallest absolute Gasteiger partial charge is 0.234 e. The zero-order valence-corrected chi connectivity index (χ0v) is 21.7. The molecule has 1 aromatic heterocycles. The van der Waals surface area contributed by atoms with Gasteiger partial charge in [-0.3, -0.25) is 9.36 Å². The van der Waals surface area contributed by atoms with E-state index in [1.165, 1.54) is 11.8 Å². The van der Waals surface area contributed by atoms with Gasteiger partial charge in [-0.2, -0.15) is 0 Å². The summed E-state index contributed by atoms with van der Waals surface area (Å²) < 4.78 is 18.4. The number of hydrogen-bond donors (Lipinski definition) is 1. The molecule has 0 spiro atoms. The number of nitrogens with zero attached hydrogens (tertiary/aromatic N) is 3. The molecule has 0 radical (unpaired) electrons. The molecule has 1 N–H and O–H groups in total. The molecule has 0 aliphatic heterocycles. The Bertz CT molecular complexity index is 1330.